The zero-order valence-corrected chi connectivity index (χ0v) is 15.7. The largest absolute Gasteiger partial charge is 0.380 e. The number of likely N-dealkylation sites (tertiary alicyclic amines) is 1. The Kier molecular flexibility index (Phi) is 4.21. The second-order valence-corrected chi connectivity index (χ2v) is 8.17. The minimum atomic E-state index is -0.857. The molecule has 1 fully saturated rings. The van der Waals surface area contributed by atoms with E-state index in [-0.39, 0.29) is 5.92 Å². The van der Waals surface area contributed by atoms with Gasteiger partial charge < -0.3 is 10.0 Å². The van der Waals surface area contributed by atoms with E-state index in [4.69, 9.17) is 0 Å². The van der Waals surface area contributed by atoms with Crippen LogP contribution in [-0.4, -0.2) is 30.1 Å². The smallest absolute Gasteiger partial charge is 0.118 e. The maximum atomic E-state index is 12.2. The van der Waals surface area contributed by atoms with Gasteiger partial charge in [-0.15, -0.1) is 0 Å². The zero-order chi connectivity index (χ0) is 17.6. The minimum absolute atomic E-state index is 0.282. The van der Waals surface area contributed by atoms with E-state index in [1.165, 1.54) is 22.3 Å². The van der Waals surface area contributed by atoms with Gasteiger partial charge in [0, 0.05) is 0 Å². The Morgan fingerprint density at radius 2 is 1.36 bits per heavy atom. The van der Waals surface area contributed by atoms with E-state index >= 15 is 0 Å². The molecular weight excluding hydrogens is 306 g/mol. The van der Waals surface area contributed by atoms with Crippen molar-refractivity contribution in [1.29, 1.82) is 0 Å². The molecule has 2 nitrogen and oxygen atoms in total. The van der Waals surface area contributed by atoms with Crippen LogP contribution in [0.15, 0.2) is 36.4 Å². The lowest BCUT2D eigenvalue weighted by molar-refractivity contribution is -0.0114. The minimum Gasteiger partial charge on any atom is -0.380 e. The molecule has 1 aliphatic heterocycles. The van der Waals surface area contributed by atoms with Crippen molar-refractivity contribution in [3.05, 3.63) is 69.8 Å². The van der Waals surface area contributed by atoms with Crippen LogP contribution in [0.3, 0.4) is 0 Å². The maximum Gasteiger partial charge on any atom is 0.118 e. The predicted octanol–water partition coefficient (Wildman–Crippen LogP) is 3.98. The number of aryl methyl sites for hydroxylation is 4. The first kappa shape index (κ1) is 16.8. The van der Waals surface area contributed by atoms with E-state index in [1.807, 2.05) is 0 Å². The van der Waals surface area contributed by atoms with Gasteiger partial charge in [-0.25, -0.2) is 0 Å². The van der Waals surface area contributed by atoms with Crippen LogP contribution >= 0.6 is 0 Å². The van der Waals surface area contributed by atoms with Crippen molar-refractivity contribution in [1.82, 2.24) is 4.90 Å². The van der Waals surface area contributed by atoms with Crippen LogP contribution in [-0.2, 0) is 18.4 Å². The molecule has 132 valence electrons. The molecule has 1 N–H and O–H groups in total. The van der Waals surface area contributed by atoms with Gasteiger partial charge in [0.2, 0.25) is 0 Å². The Labute approximate surface area is 151 Å². The van der Waals surface area contributed by atoms with Crippen molar-refractivity contribution in [3.63, 3.8) is 0 Å². The Morgan fingerprint density at radius 1 is 0.880 bits per heavy atom. The first-order valence-electron chi connectivity index (χ1n) is 9.59. The summed E-state index contributed by atoms with van der Waals surface area (Å²) in [5, 5.41) is 12.2. The van der Waals surface area contributed by atoms with Crippen LogP contribution in [0.5, 0.6) is 0 Å². The average molecular weight is 335 g/mol. The highest BCUT2D eigenvalue weighted by Crippen LogP contribution is 2.46. The van der Waals surface area contributed by atoms with Crippen molar-refractivity contribution in [3.8, 4) is 0 Å². The number of benzene rings is 2. The van der Waals surface area contributed by atoms with Crippen molar-refractivity contribution < 1.29 is 5.11 Å². The number of rotatable bonds is 1. The molecule has 2 aliphatic rings. The summed E-state index contributed by atoms with van der Waals surface area (Å²) in [5.74, 6) is 0.282. The highest BCUT2D eigenvalue weighted by molar-refractivity contribution is 5.50. The molecule has 0 radical (unpaired) electrons. The molecule has 0 bridgehead atoms. The lowest BCUT2D eigenvalue weighted by atomic mass is 9.70. The molecule has 2 aromatic carbocycles. The normalized spacial score (nSPS) is 20.6. The van der Waals surface area contributed by atoms with Crippen LogP contribution in [0.25, 0.3) is 0 Å². The molecular formula is C23H29NO. The summed E-state index contributed by atoms with van der Waals surface area (Å²) in [6.45, 7) is 6.43. The van der Waals surface area contributed by atoms with Gasteiger partial charge in [0.1, 0.15) is 5.60 Å². The highest BCUT2D eigenvalue weighted by Gasteiger charge is 2.44. The van der Waals surface area contributed by atoms with E-state index in [0.29, 0.717) is 0 Å². The van der Waals surface area contributed by atoms with Gasteiger partial charge in [0.25, 0.3) is 0 Å². The van der Waals surface area contributed by atoms with E-state index in [1.54, 1.807) is 0 Å². The number of fused-ring (bicyclic) bond motifs is 2. The molecule has 2 aromatic rings. The Bertz CT molecular complexity index is 733. The highest BCUT2D eigenvalue weighted by atomic mass is 16.3. The maximum absolute atomic E-state index is 12.2. The SMILES string of the molecule is Cc1ccc2c(c1)CCc1cc(C)ccc1C2(O)C1CCN(C)CC1. The topological polar surface area (TPSA) is 23.5 Å². The lowest BCUT2D eigenvalue weighted by Crippen LogP contribution is -2.43. The summed E-state index contributed by atoms with van der Waals surface area (Å²) in [5.41, 5.74) is 6.67. The van der Waals surface area contributed by atoms with Gasteiger partial charge in [0.15, 0.2) is 0 Å². The first-order chi connectivity index (χ1) is 12.0. The molecule has 0 saturated carbocycles. The average Bonchev–Trinajstić information content (AvgIpc) is 2.71. The van der Waals surface area contributed by atoms with Gasteiger partial charge in [-0.05, 0) is 87.8 Å². The second-order valence-electron chi connectivity index (χ2n) is 8.17. The van der Waals surface area contributed by atoms with Crippen molar-refractivity contribution in [2.45, 2.75) is 45.1 Å². The summed E-state index contributed by atoms with van der Waals surface area (Å²) in [6.07, 6.45) is 4.13. The van der Waals surface area contributed by atoms with Crippen molar-refractivity contribution in [2.75, 3.05) is 20.1 Å². The van der Waals surface area contributed by atoms with Gasteiger partial charge >= 0.3 is 0 Å². The third-order valence-corrected chi connectivity index (χ3v) is 6.32. The molecule has 2 heteroatoms. The third kappa shape index (κ3) is 2.82. The van der Waals surface area contributed by atoms with Crippen LogP contribution in [0.1, 0.15) is 46.2 Å². The molecule has 0 aromatic heterocycles. The van der Waals surface area contributed by atoms with Gasteiger partial charge in [-0.3, -0.25) is 0 Å². The molecule has 0 spiro atoms. The van der Waals surface area contributed by atoms with Crippen LogP contribution in [0, 0.1) is 19.8 Å². The standard InChI is InChI=1S/C23H29NO/c1-16-4-8-21-18(14-16)6-7-19-15-17(2)5-9-22(19)23(21,25)20-10-12-24(3)13-11-20/h4-5,8-9,14-15,20,25H,6-7,10-13H2,1-3H3. The fourth-order valence-corrected chi connectivity index (χ4v) is 4.88. The second kappa shape index (κ2) is 6.26. The van der Waals surface area contributed by atoms with Gasteiger partial charge in [0.05, 0.1) is 0 Å². The summed E-state index contributed by atoms with van der Waals surface area (Å²) in [6, 6.07) is 13.3. The number of hydrogen-bond donors (Lipinski definition) is 1. The van der Waals surface area contributed by atoms with Crippen LogP contribution < -0.4 is 0 Å². The molecule has 0 atom stereocenters. The molecule has 1 aliphatic carbocycles. The molecule has 1 heterocycles. The van der Waals surface area contributed by atoms with Gasteiger partial charge in [-0.2, -0.15) is 0 Å². The number of piperidine rings is 1. The van der Waals surface area contributed by atoms with E-state index in [0.717, 1.165) is 49.9 Å². The monoisotopic (exact) mass is 335 g/mol. The molecule has 4 rings (SSSR count). The molecule has 0 amide bonds. The van der Waals surface area contributed by atoms with E-state index in [2.05, 4.69) is 62.2 Å². The predicted molar refractivity (Wildman–Crippen MR) is 103 cm³/mol. The van der Waals surface area contributed by atoms with Crippen molar-refractivity contribution in [2.24, 2.45) is 5.92 Å². The number of hydrogen-bond acceptors (Lipinski definition) is 2. The Balaban J connectivity index is 1.91. The summed E-state index contributed by atoms with van der Waals surface area (Å²) in [7, 11) is 2.18. The molecule has 0 unspecified atom stereocenters. The third-order valence-electron chi connectivity index (χ3n) is 6.32. The first-order valence-corrected chi connectivity index (χ1v) is 9.59. The summed E-state index contributed by atoms with van der Waals surface area (Å²) in [4.78, 5) is 2.38. The Morgan fingerprint density at radius 3 is 1.84 bits per heavy atom. The molecule has 25 heavy (non-hydrogen) atoms. The van der Waals surface area contributed by atoms with Crippen molar-refractivity contribution >= 4 is 0 Å². The fourth-order valence-electron chi connectivity index (χ4n) is 4.88. The zero-order valence-electron chi connectivity index (χ0n) is 15.7. The quantitative estimate of drug-likeness (QED) is 0.852. The lowest BCUT2D eigenvalue weighted by Gasteiger charge is -2.42. The molecule has 1 saturated heterocycles. The fraction of sp³-hybridized carbons (Fsp3) is 0.478. The number of nitrogens with zero attached hydrogens (tertiary/aromatic N) is 1. The van der Waals surface area contributed by atoms with Crippen LogP contribution in [0.4, 0.5) is 0 Å². The van der Waals surface area contributed by atoms with Gasteiger partial charge in [-0.1, -0.05) is 47.5 Å². The van der Waals surface area contributed by atoms with E-state index < -0.39 is 5.60 Å². The van der Waals surface area contributed by atoms with Crippen LogP contribution in [0.2, 0.25) is 0 Å². The summed E-state index contributed by atoms with van der Waals surface area (Å²) >= 11 is 0. The van der Waals surface area contributed by atoms with E-state index in [9.17, 15) is 5.11 Å². The summed E-state index contributed by atoms with van der Waals surface area (Å²) < 4.78 is 0. The number of aliphatic hydroxyl groups is 1. The Hall–Kier alpha value is -1.64.